The summed E-state index contributed by atoms with van der Waals surface area (Å²) in [7, 11) is 0. The third kappa shape index (κ3) is 3.61. The molecule has 1 saturated heterocycles. The zero-order chi connectivity index (χ0) is 13.7. The Balaban J connectivity index is 2.55. The molecule has 4 N–H and O–H groups in total. The number of carbonyl (C=O) groups is 3. The van der Waals surface area contributed by atoms with Gasteiger partial charge in [-0.05, 0) is 19.3 Å². The van der Waals surface area contributed by atoms with Crippen molar-refractivity contribution in [2.75, 3.05) is 13.1 Å². The van der Waals surface area contributed by atoms with Crippen LogP contribution < -0.4 is 11.1 Å². The fourth-order valence-electron chi connectivity index (χ4n) is 1.97. The SMILES string of the molecule is CCC(NC(=O)N1CCCC(C(N)=O)C1)C(=O)O. The number of urea groups is 1. The van der Waals surface area contributed by atoms with E-state index in [9.17, 15) is 14.4 Å². The van der Waals surface area contributed by atoms with Gasteiger partial charge in [0.05, 0.1) is 5.92 Å². The highest BCUT2D eigenvalue weighted by atomic mass is 16.4. The first-order valence-electron chi connectivity index (χ1n) is 6.03. The smallest absolute Gasteiger partial charge is 0.326 e. The molecule has 0 saturated carbocycles. The normalized spacial score (nSPS) is 21.2. The van der Waals surface area contributed by atoms with Gasteiger partial charge in [-0.25, -0.2) is 9.59 Å². The maximum absolute atomic E-state index is 11.8. The summed E-state index contributed by atoms with van der Waals surface area (Å²) in [5.74, 6) is -1.82. The van der Waals surface area contributed by atoms with E-state index < -0.39 is 23.9 Å². The van der Waals surface area contributed by atoms with Gasteiger partial charge in [0, 0.05) is 13.1 Å². The molecule has 2 unspecified atom stereocenters. The molecular weight excluding hydrogens is 238 g/mol. The molecule has 1 aliphatic rings. The molecule has 1 rings (SSSR count). The average molecular weight is 257 g/mol. The molecule has 0 aromatic carbocycles. The van der Waals surface area contributed by atoms with E-state index >= 15 is 0 Å². The Kier molecular flexibility index (Phi) is 4.94. The number of aliphatic carboxylic acids is 1. The molecule has 1 heterocycles. The third-order valence-corrected chi connectivity index (χ3v) is 3.12. The number of rotatable bonds is 4. The van der Waals surface area contributed by atoms with Gasteiger partial charge < -0.3 is 21.1 Å². The van der Waals surface area contributed by atoms with Gasteiger partial charge in [0.15, 0.2) is 0 Å². The molecule has 0 spiro atoms. The zero-order valence-electron chi connectivity index (χ0n) is 10.4. The summed E-state index contributed by atoms with van der Waals surface area (Å²) < 4.78 is 0. The number of piperidine rings is 1. The van der Waals surface area contributed by atoms with Crippen LogP contribution in [0.5, 0.6) is 0 Å². The van der Waals surface area contributed by atoms with Crippen molar-refractivity contribution in [3.05, 3.63) is 0 Å². The minimum atomic E-state index is -1.06. The first kappa shape index (κ1) is 14.3. The number of carbonyl (C=O) groups excluding carboxylic acids is 2. The van der Waals surface area contributed by atoms with Crippen molar-refractivity contribution in [3.8, 4) is 0 Å². The molecule has 0 radical (unpaired) electrons. The fourth-order valence-corrected chi connectivity index (χ4v) is 1.97. The molecule has 2 atom stereocenters. The highest BCUT2D eigenvalue weighted by Crippen LogP contribution is 2.16. The van der Waals surface area contributed by atoms with Crippen molar-refractivity contribution < 1.29 is 19.5 Å². The Morgan fingerprint density at radius 1 is 1.50 bits per heavy atom. The number of amides is 3. The summed E-state index contributed by atoms with van der Waals surface area (Å²) in [5, 5.41) is 11.3. The Morgan fingerprint density at radius 3 is 2.67 bits per heavy atom. The quantitative estimate of drug-likeness (QED) is 0.644. The van der Waals surface area contributed by atoms with Gasteiger partial charge in [0.25, 0.3) is 0 Å². The van der Waals surface area contributed by atoms with E-state index in [0.717, 1.165) is 0 Å². The molecule has 102 valence electrons. The van der Waals surface area contributed by atoms with Crippen LogP contribution in [0.2, 0.25) is 0 Å². The van der Waals surface area contributed by atoms with Gasteiger partial charge >= 0.3 is 12.0 Å². The predicted molar refractivity (Wildman–Crippen MR) is 63.7 cm³/mol. The van der Waals surface area contributed by atoms with Crippen molar-refractivity contribution in [2.24, 2.45) is 11.7 Å². The fraction of sp³-hybridized carbons (Fsp3) is 0.727. The van der Waals surface area contributed by atoms with Crippen LogP contribution in [-0.2, 0) is 9.59 Å². The Hall–Kier alpha value is -1.79. The van der Waals surface area contributed by atoms with Crippen molar-refractivity contribution >= 4 is 17.9 Å². The zero-order valence-corrected chi connectivity index (χ0v) is 10.4. The van der Waals surface area contributed by atoms with Crippen molar-refractivity contribution in [3.63, 3.8) is 0 Å². The van der Waals surface area contributed by atoms with Crippen LogP contribution in [0.4, 0.5) is 4.79 Å². The minimum absolute atomic E-state index is 0.261. The lowest BCUT2D eigenvalue weighted by Gasteiger charge is -2.32. The van der Waals surface area contributed by atoms with E-state index in [1.165, 1.54) is 4.90 Å². The molecule has 3 amide bonds. The Morgan fingerprint density at radius 2 is 2.17 bits per heavy atom. The standard InChI is InChI=1S/C11H19N3O4/c1-2-8(10(16)17)13-11(18)14-5-3-4-7(6-14)9(12)15/h7-8H,2-6H2,1H3,(H2,12,15)(H,13,18)(H,16,17). The van der Waals surface area contributed by atoms with Gasteiger partial charge in [-0.1, -0.05) is 6.92 Å². The summed E-state index contributed by atoms with van der Waals surface area (Å²) >= 11 is 0. The lowest BCUT2D eigenvalue weighted by Crippen LogP contribution is -2.52. The number of carboxylic acids is 1. The van der Waals surface area contributed by atoms with Crippen molar-refractivity contribution in [1.29, 1.82) is 0 Å². The molecule has 18 heavy (non-hydrogen) atoms. The number of carboxylic acid groups (broad SMARTS) is 1. The van der Waals surface area contributed by atoms with Gasteiger partial charge in [0.2, 0.25) is 5.91 Å². The van der Waals surface area contributed by atoms with Gasteiger partial charge in [-0.15, -0.1) is 0 Å². The van der Waals surface area contributed by atoms with Gasteiger partial charge in [-0.2, -0.15) is 0 Å². The number of nitrogens with zero attached hydrogens (tertiary/aromatic N) is 1. The second-order valence-corrected chi connectivity index (χ2v) is 4.44. The molecule has 0 aromatic rings. The second kappa shape index (κ2) is 6.23. The summed E-state index contributed by atoms with van der Waals surface area (Å²) in [6.07, 6.45) is 1.69. The number of primary amides is 1. The van der Waals surface area contributed by atoms with E-state index in [4.69, 9.17) is 10.8 Å². The van der Waals surface area contributed by atoms with Gasteiger partial charge in [0.1, 0.15) is 6.04 Å². The van der Waals surface area contributed by atoms with E-state index in [1.54, 1.807) is 6.92 Å². The summed E-state index contributed by atoms with van der Waals surface area (Å²) in [5.41, 5.74) is 5.21. The lowest BCUT2D eigenvalue weighted by molar-refractivity contribution is -0.139. The minimum Gasteiger partial charge on any atom is -0.480 e. The number of nitrogens with one attached hydrogen (secondary N) is 1. The van der Waals surface area contributed by atoms with Crippen LogP contribution in [0.1, 0.15) is 26.2 Å². The van der Waals surface area contributed by atoms with E-state index in [1.807, 2.05) is 0 Å². The van der Waals surface area contributed by atoms with E-state index in [-0.39, 0.29) is 12.5 Å². The van der Waals surface area contributed by atoms with Crippen LogP contribution >= 0.6 is 0 Å². The van der Waals surface area contributed by atoms with E-state index in [2.05, 4.69) is 5.32 Å². The van der Waals surface area contributed by atoms with Gasteiger partial charge in [-0.3, -0.25) is 4.79 Å². The molecule has 1 aliphatic heterocycles. The first-order chi connectivity index (χ1) is 8.45. The van der Waals surface area contributed by atoms with E-state index in [0.29, 0.717) is 25.8 Å². The van der Waals surface area contributed by atoms with Crippen molar-refractivity contribution in [1.82, 2.24) is 10.2 Å². The average Bonchev–Trinajstić information content (AvgIpc) is 2.35. The van der Waals surface area contributed by atoms with Crippen LogP contribution in [0.25, 0.3) is 0 Å². The predicted octanol–water partition coefficient (Wildman–Crippen LogP) is -0.243. The lowest BCUT2D eigenvalue weighted by atomic mass is 9.98. The topological polar surface area (TPSA) is 113 Å². The van der Waals surface area contributed by atoms with Crippen LogP contribution in [0.15, 0.2) is 0 Å². The maximum atomic E-state index is 11.8. The molecular formula is C11H19N3O4. The molecule has 0 aliphatic carbocycles. The summed E-state index contributed by atoms with van der Waals surface area (Å²) in [6, 6.07) is -1.35. The summed E-state index contributed by atoms with van der Waals surface area (Å²) in [4.78, 5) is 35.2. The summed E-state index contributed by atoms with van der Waals surface area (Å²) in [6.45, 7) is 2.46. The Labute approximate surface area is 105 Å². The molecule has 0 aromatic heterocycles. The highest BCUT2D eigenvalue weighted by molar-refractivity contribution is 5.83. The molecule has 7 heteroatoms. The molecule has 0 bridgehead atoms. The van der Waals surface area contributed by atoms with Crippen LogP contribution in [-0.4, -0.2) is 47.0 Å². The maximum Gasteiger partial charge on any atom is 0.326 e. The van der Waals surface area contributed by atoms with Crippen LogP contribution in [0.3, 0.4) is 0 Å². The highest BCUT2D eigenvalue weighted by Gasteiger charge is 2.28. The number of hydrogen-bond donors (Lipinski definition) is 3. The third-order valence-electron chi connectivity index (χ3n) is 3.12. The number of nitrogens with two attached hydrogens (primary N) is 1. The van der Waals surface area contributed by atoms with Crippen LogP contribution in [0, 0.1) is 5.92 Å². The molecule has 7 nitrogen and oxygen atoms in total. The monoisotopic (exact) mass is 257 g/mol. The number of likely N-dealkylation sites (tertiary alicyclic amines) is 1. The Bertz CT molecular complexity index is 345. The van der Waals surface area contributed by atoms with Crippen molar-refractivity contribution in [2.45, 2.75) is 32.2 Å². The second-order valence-electron chi connectivity index (χ2n) is 4.44. The molecule has 1 fully saturated rings. The first-order valence-corrected chi connectivity index (χ1v) is 6.03. The largest absolute Gasteiger partial charge is 0.480 e. The number of hydrogen-bond acceptors (Lipinski definition) is 3.